The van der Waals surface area contributed by atoms with Crippen LogP contribution >= 0.6 is 0 Å². The van der Waals surface area contributed by atoms with Gasteiger partial charge in [0.25, 0.3) is 0 Å². The van der Waals surface area contributed by atoms with Gasteiger partial charge in [-0.05, 0) is 36.6 Å². The fourth-order valence-corrected chi connectivity index (χ4v) is 1.70. The number of carbonyl (C=O) groups excluding carboxylic acids is 1. The van der Waals surface area contributed by atoms with Gasteiger partial charge >= 0.3 is 5.97 Å². The fourth-order valence-electron chi connectivity index (χ4n) is 1.70. The fraction of sp³-hybridized carbons (Fsp3) is 0.400. The van der Waals surface area contributed by atoms with Crippen molar-refractivity contribution in [3.63, 3.8) is 0 Å². The Morgan fingerprint density at radius 3 is 2.39 bits per heavy atom. The lowest BCUT2D eigenvalue weighted by Crippen LogP contribution is -2.01. The summed E-state index contributed by atoms with van der Waals surface area (Å²) in [6, 6.07) is 7.70. The molecular weight excluding hydrogens is 228 g/mol. The SMILES string of the molecule is CCCC(=CC(=O)OCC)c1ccc(OC)cc1. The van der Waals surface area contributed by atoms with Crippen molar-refractivity contribution in [1.29, 1.82) is 0 Å². The summed E-state index contributed by atoms with van der Waals surface area (Å²) in [5.74, 6) is 0.530. The first-order valence-electron chi connectivity index (χ1n) is 6.23. The monoisotopic (exact) mass is 248 g/mol. The summed E-state index contributed by atoms with van der Waals surface area (Å²) < 4.78 is 10.1. The van der Waals surface area contributed by atoms with Crippen molar-refractivity contribution in [2.75, 3.05) is 13.7 Å². The first kappa shape index (κ1) is 14.3. The molecule has 0 aromatic heterocycles. The van der Waals surface area contributed by atoms with Crippen LogP contribution in [0, 0.1) is 0 Å². The quantitative estimate of drug-likeness (QED) is 0.571. The average molecular weight is 248 g/mol. The highest BCUT2D eigenvalue weighted by molar-refractivity contribution is 5.91. The van der Waals surface area contributed by atoms with E-state index in [-0.39, 0.29) is 5.97 Å². The standard InChI is InChI=1S/C15H20O3/c1-4-6-13(11-15(16)18-5-2)12-7-9-14(17-3)10-8-12/h7-11H,4-6H2,1-3H3. The van der Waals surface area contributed by atoms with Crippen molar-refractivity contribution in [3.8, 4) is 5.75 Å². The van der Waals surface area contributed by atoms with Crippen LogP contribution in [-0.2, 0) is 9.53 Å². The van der Waals surface area contributed by atoms with Crippen LogP contribution in [0.5, 0.6) is 5.75 Å². The summed E-state index contributed by atoms with van der Waals surface area (Å²) in [7, 11) is 1.64. The second-order valence-electron chi connectivity index (χ2n) is 3.90. The van der Waals surface area contributed by atoms with E-state index >= 15 is 0 Å². The van der Waals surface area contributed by atoms with Crippen LogP contribution in [0.1, 0.15) is 32.3 Å². The van der Waals surface area contributed by atoms with Gasteiger partial charge < -0.3 is 9.47 Å². The number of carbonyl (C=O) groups is 1. The van der Waals surface area contributed by atoms with Gasteiger partial charge in [-0.15, -0.1) is 0 Å². The summed E-state index contributed by atoms with van der Waals surface area (Å²) in [6.45, 7) is 4.29. The lowest BCUT2D eigenvalue weighted by Gasteiger charge is -2.08. The molecule has 0 unspecified atom stereocenters. The van der Waals surface area contributed by atoms with Gasteiger partial charge in [0.05, 0.1) is 13.7 Å². The zero-order valence-corrected chi connectivity index (χ0v) is 11.2. The average Bonchev–Trinajstić information content (AvgIpc) is 2.39. The zero-order valence-electron chi connectivity index (χ0n) is 11.2. The van der Waals surface area contributed by atoms with Crippen LogP contribution in [0.3, 0.4) is 0 Å². The minimum Gasteiger partial charge on any atom is -0.497 e. The number of allylic oxidation sites excluding steroid dienone is 1. The predicted molar refractivity (Wildman–Crippen MR) is 72.5 cm³/mol. The lowest BCUT2D eigenvalue weighted by atomic mass is 10.0. The molecule has 0 atom stereocenters. The van der Waals surface area contributed by atoms with Gasteiger partial charge in [-0.3, -0.25) is 0 Å². The summed E-state index contributed by atoms with van der Waals surface area (Å²) >= 11 is 0. The van der Waals surface area contributed by atoms with Gasteiger partial charge in [0, 0.05) is 6.08 Å². The summed E-state index contributed by atoms with van der Waals surface area (Å²) in [6.07, 6.45) is 3.41. The molecule has 3 nitrogen and oxygen atoms in total. The van der Waals surface area contributed by atoms with Gasteiger partial charge in [-0.2, -0.15) is 0 Å². The molecule has 0 aliphatic heterocycles. The van der Waals surface area contributed by atoms with Crippen LogP contribution < -0.4 is 4.74 Å². The molecule has 3 heteroatoms. The van der Waals surface area contributed by atoms with Gasteiger partial charge in [0.1, 0.15) is 5.75 Å². The van der Waals surface area contributed by atoms with Crippen molar-refractivity contribution >= 4 is 11.5 Å². The maximum absolute atomic E-state index is 11.5. The summed E-state index contributed by atoms with van der Waals surface area (Å²) in [5, 5.41) is 0. The zero-order chi connectivity index (χ0) is 13.4. The molecule has 0 saturated carbocycles. The Morgan fingerprint density at radius 1 is 1.22 bits per heavy atom. The van der Waals surface area contributed by atoms with Gasteiger partial charge in [-0.25, -0.2) is 4.79 Å². The number of hydrogen-bond donors (Lipinski definition) is 0. The predicted octanol–water partition coefficient (Wildman–Crippen LogP) is 3.44. The van der Waals surface area contributed by atoms with E-state index in [1.807, 2.05) is 24.3 Å². The van der Waals surface area contributed by atoms with E-state index in [1.54, 1.807) is 20.1 Å². The highest BCUT2D eigenvalue weighted by atomic mass is 16.5. The van der Waals surface area contributed by atoms with Crippen LogP contribution in [0.25, 0.3) is 5.57 Å². The molecule has 0 heterocycles. The Hall–Kier alpha value is -1.77. The third-order valence-electron chi connectivity index (χ3n) is 2.56. The van der Waals surface area contributed by atoms with E-state index in [0.717, 1.165) is 29.7 Å². The molecule has 0 aliphatic rings. The first-order valence-corrected chi connectivity index (χ1v) is 6.23. The van der Waals surface area contributed by atoms with Crippen LogP contribution in [0.2, 0.25) is 0 Å². The molecule has 1 aromatic rings. The number of benzene rings is 1. The second kappa shape index (κ2) is 7.54. The molecule has 0 N–H and O–H groups in total. The highest BCUT2D eigenvalue weighted by Crippen LogP contribution is 2.22. The topological polar surface area (TPSA) is 35.5 Å². The first-order chi connectivity index (χ1) is 8.71. The second-order valence-corrected chi connectivity index (χ2v) is 3.90. The molecular formula is C15H20O3. The third kappa shape index (κ3) is 4.24. The smallest absolute Gasteiger partial charge is 0.331 e. The van der Waals surface area contributed by atoms with Gasteiger partial charge in [0.2, 0.25) is 0 Å². The van der Waals surface area contributed by atoms with Gasteiger partial charge in [0.15, 0.2) is 0 Å². The molecule has 0 saturated heterocycles. The number of methoxy groups -OCH3 is 1. The number of esters is 1. The van der Waals surface area contributed by atoms with E-state index in [9.17, 15) is 4.79 Å². The van der Waals surface area contributed by atoms with Crippen molar-refractivity contribution < 1.29 is 14.3 Å². The molecule has 0 aliphatic carbocycles. The Balaban J connectivity index is 2.92. The Bertz CT molecular complexity index is 404. The normalized spacial score (nSPS) is 11.2. The van der Waals surface area contributed by atoms with E-state index in [4.69, 9.17) is 9.47 Å². The Labute approximate surface area is 108 Å². The Morgan fingerprint density at radius 2 is 1.89 bits per heavy atom. The maximum atomic E-state index is 11.5. The maximum Gasteiger partial charge on any atom is 0.331 e. The van der Waals surface area contributed by atoms with Crippen molar-refractivity contribution in [2.24, 2.45) is 0 Å². The summed E-state index contributed by atoms with van der Waals surface area (Å²) in [5.41, 5.74) is 2.03. The molecule has 18 heavy (non-hydrogen) atoms. The van der Waals surface area contributed by atoms with Crippen LogP contribution in [-0.4, -0.2) is 19.7 Å². The minimum atomic E-state index is -0.281. The van der Waals surface area contributed by atoms with Crippen LogP contribution in [0.4, 0.5) is 0 Å². The lowest BCUT2D eigenvalue weighted by molar-refractivity contribution is -0.137. The molecule has 98 valence electrons. The Kier molecular flexibility index (Phi) is 5.98. The molecule has 0 amide bonds. The van der Waals surface area contributed by atoms with Gasteiger partial charge in [-0.1, -0.05) is 25.5 Å². The van der Waals surface area contributed by atoms with Crippen molar-refractivity contribution in [2.45, 2.75) is 26.7 Å². The largest absolute Gasteiger partial charge is 0.497 e. The van der Waals surface area contributed by atoms with Crippen molar-refractivity contribution in [3.05, 3.63) is 35.9 Å². The summed E-state index contributed by atoms with van der Waals surface area (Å²) in [4.78, 5) is 11.5. The number of rotatable bonds is 6. The highest BCUT2D eigenvalue weighted by Gasteiger charge is 2.05. The van der Waals surface area contributed by atoms with Crippen LogP contribution in [0.15, 0.2) is 30.3 Å². The number of hydrogen-bond acceptors (Lipinski definition) is 3. The third-order valence-corrected chi connectivity index (χ3v) is 2.56. The van der Waals surface area contributed by atoms with E-state index in [0.29, 0.717) is 6.61 Å². The molecule has 0 spiro atoms. The van der Waals surface area contributed by atoms with E-state index < -0.39 is 0 Å². The minimum absolute atomic E-state index is 0.281. The molecule has 1 aromatic carbocycles. The molecule has 0 fully saturated rings. The van der Waals surface area contributed by atoms with E-state index in [1.165, 1.54) is 0 Å². The molecule has 1 rings (SSSR count). The number of ether oxygens (including phenoxy) is 2. The van der Waals surface area contributed by atoms with E-state index in [2.05, 4.69) is 6.92 Å². The van der Waals surface area contributed by atoms with Crippen molar-refractivity contribution in [1.82, 2.24) is 0 Å². The molecule has 0 bridgehead atoms. The molecule has 0 radical (unpaired) electrons.